The van der Waals surface area contributed by atoms with Crippen LogP contribution >= 0.6 is 0 Å². The Kier molecular flexibility index (Phi) is 5.86. The minimum atomic E-state index is 0.265. The molecule has 1 fully saturated rings. The molecule has 0 atom stereocenters. The molecule has 1 aliphatic carbocycles. The highest BCUT2D eigenvalue weighted by atomic mass is 16.5. The quantitative estimate of drug-likeness (QED) is 0.742. The Bertz CT molecular complexity index is 374. The fourth-order valence-electron chi connectivity index (χ4n) is 3.38. The van der Waals surface area contributed by atoms with Crippen LogP contribution < -0.4 is 10.5 Å². The third kappa shape index (κ3) is 3.74. The van der Waals surface area contributed by atoms with Crippen molar-refractivity contribution in [1.82, 2.24) is 4.90 Å². The molecule has 1 aliphatic rings. The fraction of sp³-hybridized carbons (Fsp3) is 0.647. The van der Waals surface area contributed by atoms with Crippen molar-refractivity contribution in [3.8, 4) is 5.75 Å². The first-order valence-electron chi connectivity index (χ1n) is 7.94. The van der Waals surface area contributed by atoms with E-state index in [2.05, 4.69) is 11.8 Å². The van der Waals surface area contributed by atoms with Gasteiger partial charge in [0.15, 0.2) is 0 Å². The number of likely N-dealkylation sites (N-methyl/N-ethyl adjacent to an activating group) is 1. The van der Waals surface area contributed by atoms with E-state index in [0.717, 1.165) is 38.4 Å². The second-order valence-electron chi connectivity index (χ2n) is 5.73. The Hall–Kier alpha value is -1.06. The number of hydrogen-bond acceptors (Lipinski definition) is 3. The summed E-state index contributed by atoms with van der Waals surface area (Å²) in [6, 6.07) is 10.0. The molecule has 1 aromatic carbocycles. The van der Waals surface area contributed by atoms with Gasteiger partial charge in [0.25, 0.3) is 0 Å². The van der Waals surface area contributed by atoms with Crippen molar-refractivity contribution in [2.45, 2.75) is 44.6 Å². The van der Waals surface area contributed by atoms with Crippen LogP contribution in [-0.4, -0.2) is 36.7 Å². The van der Waals surface area contributed by atoms with Crippen LogP contribution in [0.1, 0.15) is 39.0 Å². The molecule has 0 heterocycles. The summed E-state index contributed by atoms with van der Waals surface area (Å²) in [7, 11) is 0. The Labute approximate surface area is 123 Å². The number of nitrogens with zero attached hydrogens (tertiary/aromatic N) is 1. The maximum atomic E-state index is 6.07. The Morgan fingerprint density at radius 1 is 1.20 bits per heavy atom. The van der Waals surface area contributed by atoms with E-state index in [4.69, 9.17) is 10.5 Å². The van der Waals surface area contributed by atoms with Crippen molar-refractivity contribution in [1.29, 1.82) is 0 Å². The van der Waals surface area contributed by atoms with E-state index in [1.807, 2.05) is 30.3 Å². The lowest BCUT2D eigenvalue weighted by Gasteiger charge is -2.40. The summed E-state index contributed by atoms with van der Waals surface area (Å²) >= 11 is 0. The van der Waals surface area contributed by atoms with Gasteiger partial charge in [-0.05, 0) is 37.9 Å². The summed E-state index contributed by atoms with van der Waals surface area (Å²) in [6.45, 7) is 5.98. The topological polar surface area (TPSA) is 38.5 Å². The molecule has 20 heavy (non-hydrogen) atoms. The Balaban J connectivity index is 1.76. The minimum Gasteiger partial charge on any atom is -0.494 e. The Morgan fingerprint density at radius 2 is 1.90 bits per heavy atom. The summed E-state index contributed by atoms with van der Waals surface area (Å²) in [5.74, 6) is 0.963. The highest BCUT2D eigenvalue weighted by molar-refractivity contribution is 5.20. The van der Waals surface area contributed by atoms with Gasteiger partial charge in [-0.1, -0.05) is 38.0 Å². The van der Waals surface area contributed by atoms with Gasteiger partial charge in [0.05, 0.1) is 6.61 Å². The van der Waals surface area contributed by atoms with Crippen LogP contribution in [0.15, 0.2) is 30.3 Å². The molecule has 1 saturated carbocycles. The second kappa shape index (κ2) is 7.65. The molecule has 0 aliphatic heterocycles. The SMILES string of the molecule is CCN(CCCOc1ccccc1)C1(CN)CCCC1. The summed E-state index contributed by atoms with van der Waals surface area (Å²) in [5.41, 5.74) is 6.33. The van der Waals surface area contributed by atoms with Gasteiger partial charge < -0.3 is 10.5 Å². The van der Waals surface area contributed by atoms with Crippen molar-refractivity contribution < 1.29 is 4.74 Å². The number of nitrogens with two attached hydrogens (primary N) is 1. The minimum absolute atomic E-state index is 0.265. The third-order valence-corrected chi connectivity index (χ3v) is 4.55. The zero-order valence-corrected chi connectivity index (χ0v) is 12.7. The van der Waals surface area contributed by atoms with Gasteiger partial charge in [-0.15, -0.1) is 0 Å². The maximum absolute atomic E-state index is 6.07. The van der Waals surface area contributed by atoms with Gasteiger partial charge in [-0.25, -0.2) is 0 Å². The van der Waals surface area contributed by atoms with E-state index in [0.29, 0.717) is 0 Å². The molecule has 2 N–H and O–H groups in total. The van der Waals surface area contributed by atoms with Gasteiger partial charge in [0, 0.05) is 18.6 Å². The number of rotatable bonds is 8. The molecule has 1 aromatic rings. The van der Waals surface area contributed by atoms with Crippen LogP contribution in [0.25, 0.3) is 0 Å². The van der Waals surface area contributed by atoms with Crippen molar-refractivity contribution in [3.63, 3.8) is 0 Å². The first-order valence-corrected chi connectivity index (χ1v) is 7.94. The zero-order valence-electron chi connectivity index (χ0n) is 12.7. The highest BCUT2D eigenvalue weighted by Crippen LogP contribution is 2.34. The molecule has 3 nitrogen and oxygen atoms in total. The highest BCUT2D eigenvalue weighted by Gasteiger charge is 2.37. The summed E-state index contributed by atoms with van der Waals surface area (Å²) in [6.07, 6.45) is 6.24. The molecule has 112 valence electrons. The molecular formula is C17H28N2O. The van der Waals surface area contributed by atoms with Crippen LogP contribution in [0.4, 0.5) is 0 Å². The lowest BCUT2D eigenvalue weighted by atomic mass is 9.95. The predicted octanol–water partition coefficient (Wildman–Crippen LogP) is 3.05. The van der Waals surface area contributed by atoms with Gasteiger partial charge >= 0.3 is 0 Å². The molecular weight excluding hydrogens is 248 g/mol. The molecule has 3 heteroatoms. The molecule has 0 spiro atoms. The standard InChI is InChI=1S/C17H28N2O/c1-2-19(17(15-18)11-6-7-12-17)13-8-14-20-16-9-4-3-5-10-16/h3-5,9-10H,2,6-8,11-15,18H2,1H3. The number of ether oxygens (including phenoxy) is 1. The Morgan fingerprint density at radius 3 is 2.50 bits per heavy atom. The molecule has 0 aromatic heterocycles. The first-order chi connectivity index (χ1) is 9.80. The maximum Gasteiger partial charge on any atom is 0.119 e. The van der Waals surface area contributed by atoms with Gasteiger partial charge in [-0.2, -0.15) is 0 Å². The average Bonchev–Trinajstić information content (AvgIpc) is 2.98. The van der Waals surface area contributed by atoms with Crippen LogP contribution in [0.5, 0.6) is 5.75 Å². The molecule has 0 radical (unpaired) electrons. The van der Waals surface area contributed by atoms with Crippen molar-refractivity contribution in [3.05, 3.63) is 30.3 Å². The normalized spacial score (nSPS) is 17.6. The van der Waals surface area contributed by atoms with Crippen LogP contribution in [0.3, 0.4) is 0 Å². The number of para-hydroxylation sites is 1. The van der Waals surface area contributed by atoms with Crippen molar-refractivity contribution >= 4 is 0 Å². The van der Waals surface area contributed by atoms with E-state index in [-0.39, 0.29) is 5.54 Å². The van der Waals surface area contributed by atoms with E-state index < -0.39 is 0 Å². The second-order valence-corrected chi connectivity index (χ2v) is 5.73. The van der Waals surface area contributed by atoms with Gasteiger partial charge in [0.1, 0.15) is 5.75 Å². The fourth-order valence-corrected chi connectivity index (χ4v) is 3.38. The van der Waals surface area contributed by atoms with E-state index in [9.17, 15) is 0 Å². The van der Waals surface area contributed by atoms with Crippen LogP contribution in [0, 0.1) is 0 Å². The summed E-state index contributed by atoms with van der Waals surface area (Å²) < 4.78 is 5.77. The van der Waals surface area contributed by atoms with E-state index in [1.165, 1.54) is 25.7 Å². The van der Waals surface area contributed by atoms with Gasteiger partial charge in [-0.3, -0.25) is 4.90 Å². The van der Waals surface area contributed by atoms with Crippen molar-refractivity contribution in [2.75, 3.05) is 26.2 Å². The molecule has 0 saturated heterocycles. The zero-order chi connectivity index (χ0) is 14.3. The van der Waals surface area contributed by atoms with Crippen LogP contribution in [0.2, 0.25) is 0 Å². The molecule has 0 bridgehead atoms. The van der Waals surface area contributed by atoms with E-state index >= 15 is 0 Å². The third-order valence-electron chi connectivity index (χ3n) is 4.55. The largest absolute Gasteiger partial charge is 0.494 e. The smallest absolute Gasteiger partial charge is 0.119 e. The summed E-state index contributed by atoms with van der Waals surface area (Å²) in [5, 5.41) is 0. The lowest BCUT2D eigenvalue weighted by Crippen LogP contribution is -2.52. The monoisotopic (exact) mass is 276 g/mol. The van der Waals surface area contributed by atoms with E-state index in [1.54, 1.807) is 0 Å². The molecule has 0 amide bonds. The average molecular weight is 276 g/mol. The molecule has 0 unspecified atom stereocenters. The lowest BCUT2D eigenvalue weighted by molar-refractivity contribution is 0.0978. The summed E-state index contributed by atoms with van der Waals surface area (Å²) in [4.78, 5) is 2.58. The first kappa shape index (κ1) is 15.3. The van der Waals surface area contributed by atoms with Crippen LogP contribution in [-0.2, 0) is 0 Å². The number of hydrogen-bond donors (Lipinski definition) is 1. The number of benzene rings is 1. The predicted molar refractivity (Wildman–Crippen MR) is 84.1 cm³/mol. The molecule has 2 rings (SSSR count). The van der Waals surface area contributed by atoms with Gasteiger partial charge in [0.2, 0.25) is 0 Å². The van der Waals surface area contributed by atoms with Crippen molar-refractivity contribution in [2.24, 2.45) is 5.73 Å².